The van der Waals surface area contributed by atoms with Crippen molar-refractivity contribution in [1.29, 1.82) is 0 Å². The van der Waals surface area contributed by atoms with E-state index in [0.717, 1.165) is 44.9 Å². The fourth-order valence-corrected chi connectivity index (χ4v) is 9.26. The number of ether oxygens (including phenoxy) is 1. The molecule has 10 atom stereocenters. The summed E-state index contributed by atoms with van der Waals surface area (Å²) < 4.78 is 4.87. The van der Waals surface area contributed by atoms with Gasteiger partial charge in [-0.1, -0.05) is 27.7 Å². The van der Waals surface area contributed by atoms with Gasteiger partial charge in [-0.05, 0) is 98.2 Å². The minimum Gasteiger partial charge on any atom is -0.469 e. The van der Waals surface area contributed by atoms with Crippen LogP contribution in [0.1, 0.15) is 91.9 Å². The summed E-state index contributed by atoms with van der Waals surface area (Å²) in [5.74, 6) is 3.16. The van der Waals surface area contributed by atoms with E-state index >= 15 is 0 Å². The van der Waals surface area contributed by atoms with Gasteiger partial charge < -0.3 is 9.84 Å². The number of carbonyl (C=O) groups is 2. The molecular weight excluding hydrogens is 388 g/mol. The first kappa shape index (κ1) is 23.3. The Morgan fingerprint density at radius 3 is 2.45 bits per heavy atom. The van der Waals surface area contributed by atoms with E-state index in [1.165, 1.54) is 20.0 Å². The molecule has 176 valence electrons. The van der Waals surface area contributed by atoms with Crippen LogP contribution in [0.3, 0.4) is 0 Å². The number of esters is 1. The summed E-state index contributed by atoms with van der Waals surface area (Å²) in [5, 5.41) is 10.4. The lowest BCUT2D eigenvalue weighted by atomic mass is 9.42. The van der Waals surface area contributed by atoms with Gasteiger partial charge in [0.25, 0.3) is 0 Å². The zero-order valence-corrected chi connectivity index (χ0v) is 20.4. The van der Waals surface area contributed by atoms with E-state index in [-0.39, 0.29) is 34.7 Å². The fourth-order valence-electron chi connectivity index (χ4n) is 9.26. The zero-order valence-electron chi connectivity index (χ0n) is 20.4. The molecule has 0 saturated heterocycles. The van der Waals surface area contributed by atoms with E-state index in [2.05, 4.69) is 27.7 Å². The van der Waals surface area contributed by atoms with Crippen molar-refractivity contribution in [3.05, 3.63) is 0 Å². The zero-order chi connectivity index (χ0) is 22.6. The molecule has 0 bridgehead atoms. The highest BCUT2D eigenvalue weighted by atomic mass is 16.5. The van der Waals surface area contributed by atoms with Gasteiger partial charge in [0, 0.05) is 18.3 Å². The Bertz CT molecular complexity index is 703. The van der Waals surface area contributed by atoms with Crippen LogP contribution in [0.2, 0.25) is 0 Å². The van der Waals surface area contributed by atoms with Crippen molar-refractivity contribution in [3.8, 4) is 0 Å². The lowest BCUT2D eigenvalue weighted by molar-refractivity contribution is -0.173. The van der Waals surface area contributed by atoms with Crippen LogP contribution < -0.4 is 0 Å². The second kappa shape index (κ2) is 8.47. The largest absolute Gasteiger partial charge is 0.469 e. The first-order valence-corrected chi connectivity index (χ1v) is 13.0. The number of aliphatic hydroxyl groups is 1. The van der Waals surface area contributed by atoms with Gasteiger partial charge in [-0.3, -0.25) is 9.59 Å². The first-order valence-electron chi connectivity index (χ1n) is 13.0. The third-order valence-electron chi connectivity index (χ3n) is 10.9. The number of Topliss-reactive ketones (excluding diaryl/α,β-unsaturated/α-hetero) is 1. The molecule has 0 radical (unpaired) electrons. The Morgan fingerprint density at radius 1 is 1.10 bits per heavy atom. The van der Waals surface area contributed by atoms with Gasteiger partial charge in [-0.25, -0.2) is 0 Å². The molecule has 0 spiro atoms. The molecule has 4 rings (SSSR count). The Balaban J connectivity index is 1.59. The van der Waals surface area contributed by atoms with Crippen LogP contribution in [0.5, 0.6) is 0 Å². The summed E-state index contributed by atoms with van der Waals surface area (Å²) in [5.41, 5.74) is 0.413. The Morgan fingerprint density at radius 2 is 1.77 bits per heavy atom. The second-order valence-corrected chi connectivity index (χ2v) is 12.0. The smallest absolute Gasteiger partial charge is 0.305 e. The lowest BCUT2D eigenvalue weighted by Gasteiger charge is -2.62. The van der Waals surface area contributed by atoms with Crippen molar-refractivity contribution in [2.45, 2.75) is 98.0 Å². The Kier molecular flexibility index (Phi) is 6.35. The summed E-state index contributed by atoms with van der Waals surface area (Å²) in [6.45, 7) is 9.42. The monoisotopic (exact) mass is 432 g/mol. The normalized spacial score (nSPS) is 47.8. The van der Waals surface area contributed by atoms with Crippen molar-refractivity contribution < 1.29 is 19.4 Å². The predicted octanol–water partition coefficient (Wildman–Crippen LogP) is 5.41. The number of hydrogen-bond donors (Lipinski definition) is 1. The molecule has 4 heteroatoms. The molecule has 4 saturated carbocycles. The first-order chi connectivity index (χ1) is 14.7. The minimum absolute atomic E-state index is 0.109. The second-order valence-electron chi connectivity index (χ2n) is 12.0. The van der Waals surface area contributed by atoms with E-state index < -0.39 is 0 Å². The molecule has 0 heterocycles. The molecule has 4 fully saturated rings. The van der Waals surface area contributed by atoms with Crippen LogP contribution in [-0.2, 0) is 14.3 Å². The van der Waals surface area contributed by atoms with Crippen LogP contribution in [-0.4, -0.2) is 30.1 Å². The van der Waals surface area contributed by atoms with E-state index in [0.29, 0.717) is 41.8 Å². The van der Waals surface area contributed by atoms with Crippen molar-refractivity contribution >= 4 is 11.8 Å². The standard InChI is InChI=1S/C27H44O4/c1-6-18-22-15-17(28)11-13-27(22,4)21-12-14-26(3)19(16(2)7-10-23(29)31-5)8-9-20(26)24(21)25(18)30/h16-22,24,28H,6-15H2,1-5H3/t16-,17+,18-,19-,20?,21?,22+,24?,26-,27-/m1/s1. The van der Waals surface area contributed by atoms with Crippen molar-refractivity contribution in [3.63, 3.8) is 0 Å². The minimum atomic E-state index is -0.225. The summed E-state index contributed by atoms with van der Waals surface area (Å²) in [6.07, 6.45) is 9.59. The Hall–Kier alpha value is -0.900. The van der Waals surface area contributed by atoms with E-state index in [9.17, 15) is 14.7 Å². The molecule has 31 heavy (non-hydrogen) atoms. The molecule has 4 aliphatic rings. The third kappa shape index (κ3) is 3.60. The van der Waals surface area contributed by atoms with Gasteiger partial charge in [-0.2, -0.15) is 0 Å². The number of fused-ring (bicyclic) bond motifs is 5. The summed E-state index contributed by atoms with van der Waals surface area (Å²) in [7, 11) is 1.47. The molecule has 0 aromatic rings. The average molecular weight is 433 g/mol. The summed E-state index contributed by atoms with van der Waals surface area (Å²) in [4.78, 5) is 25.7. The molecule has 0 aromatic carbocycles. The van der Waals surface area contributed by atoms with Crippen LogP contribution in [0, 0.1) is 52.3 Å². The fraction of sp³-hybridized carbons (Fsp3) is 0.926. The van der Waals surface area contributed by atoms with Gasteiger partial charge in [0.05, 0.1) is 13.2 Å². The third-order valence-corrected chi connectivity index (χ3v) is 10.9. The molecule has 0 amide bonds. The number of methoxy groups -OCH3 is 1. The molecule has 1 N–H and O–H groups in total. The highest BCUT2D eigenvalue weighted by molar-refractivity contribution is 5.86. The quantitative estimate of drug-likeness (QED) is 0.590. The van der Waals surface area contributed by atoms with Gasteiger partial charge in [-0.15, -0.1) is 0 Å². The molecule has 4 aliphatic carbocycles. The SMILES string of the molecule is CC[C@H]1C(=O)C2C3CC[C@H]([C@H](C)CCC(=O)OC)[C@@]3(C)CCC2[C@@]2(C)CC[C@H](O)C[C@@H]12. The van der Waals surface area contributed by atoms with Crippen molar-refractivity contribution in [1.82, 2.24) is 0 Å². The van der Waals surface area contributed by atoms with Crippen LogP contribution in [0.4, 0.5) is 0 Å². The molecule has 0 aliphatic heterocycles. The molecule has 0 aromatic heterocycles. The van der Waals surface area contributed by atoms with Crippen LogP contribution in [0.25, 0.3) is 0 Å². The highest BCUT2D eigenvalue weighted by Gasteiger charge is 2.65. The van der Waals surface area contributed by atoms with E-state index in [1.807, 2.05) is 0 Å². The topological polar surface area (TPSA) is 63.6 Å². The Labute approximate surface area is 188 Å². The number of ketones is 1. The number of carbonyl (C=O) groups excluding carboxylic acids is 2. The van der Waals surface area contributed by atoms with Crippen LogP contribution >= 0.6 is 0 Å². The molecule has 4 nitrogen and oxygen atoms in total. The summed E-state index contributed by atoms with van der Waals surface area (Å²) in [6, 6.07) is 0. The maximum atomic E-state index is 14.0. The number of hydrogen-bond acceptors (Lipinski definition) is 4. The van der Waals surface area contributed by atoms with Gasteiger partial charge in [0.1, 0.15) is 5.78 Å². The van der Waals surface area contributed by atoms with Gasteiger partial charge >= 0.3 is 5.97 Å². The lowest BCUT2D eigenvalue weighted by Crippen LogP contribution is -2.60. The van der Waals surface area contributed by atoms with E-state index in [1.54, 1.807) is 0 Å². The number of aliphatic hydroxyl groups excluding tert-OH is 1. The molecule has 3 unspecified atom stereocenters. The maximum Gasteiger partial charge on any atom is 0.305 e. The highest BCUT2D eigenvalue weighted by Crippen LogP contribution is 2.68. The van der Waals surface area contributed by atoms with Crippen molar-refractivity contribution in [2.24, 2.45) is 52.3 Å². The predicted molar refractivity (Wildman–Crippen MR) is 121 cm³/mol. The van der Waals surface area contributed by atoms with Crippen LogP contribution in [0.15, 0.2) is 0 Å². The number of rotatable bonds is 5. The maximum absolute atomic E-state index is 14.0. The van der Waals surface area contributed by atoms with Gasteiger partial charge in [0.2, 0.25) is 0 Å². The van der Waals surface area contributed by atoms with E-state index in [4.69, 9.17) is 4.74 Å². The van der Waals surface area contributed by atoms with Gasteiger partial charge in [0.15, 0.2) is 0 Å². The molecular formula is C27H44O4. The average Bonchev–Trinajstić information content (AvgIpc) is 3.10. The summed E-state index contributed by atoms with van der Waals surface area (Å²) >= 11 is 0. The van der Waals surface area contributed by atoms with Crippen molar-refractivity contribution in [2.75, 3.05) is 7.11 Å².